The summed E-state index contributed by atoms with van der Waals surface area (Å²) in [4.78, 5) is 15.6. The molecule has 1 aliphatic rings. The number of thioether (sulfide) groups is 1. The number of carbonyl (C=O) groups excluding carboxylic acids is 1. The summed E-state index contributed by atoms with van der Waals surface area (Å²) >= 11 is 1.21. The lowest BCUT2D eigenvalue weighted by molar-refractivity contribution is 0.102. The second-order valence-electron chi connectivity index (χ2n) is 5.90. The number of rotatable bonds is 5. The van der Waals surface area contributed by atoms with E-state index in [2.05, 4.69) is 15.2 Å². The number of aromatic amines is 1. The van der Waals surface area contributed by atoms with Crippen LogP contribution >= 0.6 is 11.8 Å². The van der Waals surface area contributed by atoms with Gasteiger partial charge in [-0.3, -0.25) is 4.79 Å². The van der Waals surface area contributed by atoms with Crippen molar-refractivity contribution in [1.82, 2.24) is 15.2 Å². The van der Waals surface area contributed by atoms with E-state index >= 15 is 0 Å². The molecule has 7 nitrogen and oxygen atoms in total. The maximum atomic E-state index is 12.4. The molecule has 0 unspecified atom stereocenters. The molecule has 1 N–H and O–H groups in total. The quantitative estimate of drug-likeness (QED) is 0.415. The molecule has 0 amide bonds. The molecular weight excluding hydrogens is 366 g/mol. The molecule has 2 aromatic heterocycles. The Kier molecular flexibility index (Phi) is 3.83. The molecule has 5 rings (SSSR count). The Balaban J connectivity index is 1.30. The molecule has 0 fully saturated rings. The highest BCUT2D eigenvalue weighted by Gasteiger charge is 2.18. The largest absolute Gasteiger partial charge is 0.454 e. The molecule has 8 heteroatoms. The van der Waals surface area contributed by atoms with Crippen LogP contribution in [0.15, 0.2) is 58.3 Å². The Labute approximate surface area is 157 Å². The predicted molar refractivity (Wildman–Crippen MR) is 99.2 cm³/mol. The lowest BCUT2D eigenvalue weighted by Gasteiger charge is -2.01. The molecule has 0 saturated carbocycles. The zero-order chi connectivity index (χ0) is 18.2. The van der Waals surface area contributed by atoms with Gasteiger partial charge in [0.05, 0.1) is 11.3 Å². The minimum atomic E-state index is -0.0508. The zero-order valence-corrected chi connectivity index (χ0v) is 14.8. The van der Waals surface area contributed by atoms with Gasteiger partial charge in [0.2, 0.25) is 6.79 Å². The van der Waals surface area contributed by atoms with Gasteiger partial charge in [-0.1, -0.05) is 30.0 Å². The van der Waals surface area contributed by atoms with Crippen LogP contribution in [0.1, 0.15) is 10.4 Å². The molecule has 3 heterocycles. The lowest BCUT2D eigenvalue weighted by atomic mass is 10.1. The van der Waals surface area contributed by atoms with E-state index in [0.717, 1.165) is 16.5 Å². The number of fused-ring (bicyclic) bond motifs is 2. The molecule has 0 saturated heterocycles. The third-order valence-corrected chi connectivity index (χ3v) is 5.07. The van der Waals surface area contributed by atoms with Gasteiger partial charge < -0.3 is 18.9 Å². The van der Waals surface area contributed by atoms with E-state index in [1.807, 2.05) is 30.5 Å². The van der Waals surface area contributed by atoms with E-state index in [1.165, 1.54) is 11.8 Å². The molecular formula is C19H13N3O4S. The summed E-state index contributed by atoms with van der Waals surface area (Å²) in [5.74, 6) is 1.80. The molecule has 2 aromatic carbocycles. The van der Waals surface area contributed by atoms with E-state index < -0.39 is 0 Å². The van der Waals surface area contributed by atoms with Crippen molar-refractivity contribution in [2.24, 2.45) is 0 Å². The molecule has 0 spiro atoms. The number of H-pyrrole nitrogens is 1. The van der Waals surface area contributed by atoms with Crippen LogP contribution in [0, 0.1) is 0 Å². The van der Waals surface area contributed by atoms with Crippen molar-refractivity contribution >= 4 is 28.4 Å². The Morgan fingerprint density at radius 2 is 2.00 bits per heavy atom. The number of nitrogens with zero attached hydrogens (tertiary/aromatic N) is 2. The fourth-order valence-electron chi connectivity index (χ4n) is 2.91. The molecule has 27 heavy (non-hydrogen) atoms. The standard InChI is InChI=1S/C19H13N3O4S/c23-15(11-5-6-16-17(7-11)25-10-24-16)9-27-19-22-21-18(26-19)13-8-20-14-4-2-1-3-12(13)14/h1-8,20H,9-10H2. The smallest absolute Gasteiger partial charge is 0.277 e. The number of nitrogens with one attached hydrogen (secondary N) is 1. The summed E-state index contributed by atoms with van der Waals surface area (Å²) in [6.45, 7) is 0.181. The number of ketones is 1. The van der Waals surface area contributed by atoms with Crippen LogP contribution in [0.25, 0.3) is 22.4 Å². The van der Waals surface area contributed by atoms with Crippen molar-refractivity contribution < 1.29 is 18.7 Å². The molecule has 0 radical (unpaired) electrons. The van der Waals surface area contributed by atoms with E-state index in [0.29, 0.717) is 28.2 Å². The SMILES string of the molecule is O=C(CSc1nnc(-c2c[nH]c3ccccc23)o1)c1ccc2c(c1)OCO2. The van der Waals surface area contributed by atoms with Crippen LogP contribution < -0.4 is 9.47 Å². The van der Waals surface area contributed by atoms with E-state index in [9.17, 15) is 4.79 Å². The van der Waals surface area contributed by atoms with E-state index in [4.69, 9.17) is 13.9 Å². The van der Waals surface area contributed by atoms with Gasteiger partial charge in [0.15, 0.2) is 17.3 Å². The average Bonchev–Trinajstić information content (AvgIpc) is 3.43. The highest BCUT2D eigenvalue weighted by atomic mass is 32.2. The minimum Gasteiger partial charge on any atom is -0.454 e. The van der Waals surface area contributed by atoms with Crippen molar-refractivity contribution in [1.29, 1.82) is 0 Å². The van der Waals surface area contributed by atoms with E-state index in [1.54, 1.807) is 18.2 Å². The van der Waals surface area contributed by atoms with Crippen molar-refractivity contribution in [3.05, 3.63) is 54.2 Å². The Hall–Kier alpha value is -3.26. The van der Waals surface area contributed by atoms with Gasteiger partial charge in [-0.2, -0.15) is 0 Å². The molecule has 1 aliphatic heterocycles. The summed E-state index contributed by atoms with van der Waals surface area (Å²) in [6, 6.07) is 13.0. The highest BCUT2D eigenvalue weighted by molar-refractivity contribution is 7.99. The Bertz CT molecular complexity index is 1150. The fourth-order valence-corrected chi connectivity index (χ4v) is 3.56. The van der Waals surface area contributed by atoms with Gasteiger partial charge in [-0.25, -0.2) is 0 Å². The fraction of sp³-hybridized carbons (Fsp3) is 0.105. The van der Waals surface area contributed by atoms with Crippen LogP contribution in [-0.2, 0) is 0 Å². The van der Waals surface area contributed by atoms with Gasteiger partial charge in [0.25, 0.3) is 11.1 Å². The number of Topliss-reactive ketones (excluding diaryl/α,β-unsaturated/α-hetero) is 1. The number of aromatic nitrogens is 3. The second-order valence-corrected chi connectivity index (χ2v) is 6.83. The van der Waals surface area contributed by atoms with Gasteiger partial charge in [0, 0.05) is 22.7 Å². The van der Waals surface area contributed by atoms with Crippen LogP contribution in [0.2, 0.25) is 0 Å². The average molecular weight is 379 g/mol. The predicted octanol–water partition coefficient (Wildman–Crippen LogP) is 3.92. The molecule has 0 bridgehead atoms. The second kappa shape index (κ2) is 6.48. The molecule has 4 aromatic rings. The Morgan fingerprint density at radius 1 is 1.11 bits per heavy atom. The van der Waals surface area contributed by atoms with Gasteiger partial charge in [0.1, 0.15) is 0 Å². The number of carbonyl (C=O) groups is 1. The van der Waals surface area contributed by atoms with Crippen LogP contribution in [-0.4, -0.2) is 33.5 Å². The lowest BCUT2D eigenvalue weighted by Crippen LogP contribution is -2.02. The molecule has 0 aliphatic carbocycles. The molecule has 0 atom stereocenters. The monoisotopic (exact) mass is 379 g/mol. The third kappa shape index (κ3) is 2.93. The van der Waals surface area contributed by atoms with Crippen molar-refractivity contribution in [3.63, 3.8) is 0 Å². The van der Waals surface area contributed by atoms with Crippen LogP contribution in [0.4, 0.5) is 0 Å². The van der Waals surface area contributed by atoms with E-state index in [-0.39, 0.29) is 18.3 Å². The first-order chi connectivity index (χ1) is 13.3. The number of para-hydroxylation sites is 1. The number of ether oxygens (including phenoxy) is 2. The normalized spacial score (nSPS) is 12.6. The van der Waals surface area contributed by atoms with Crippen molar-refractivity contribution in [2.45, 2.75) is 5.22 Å². The summed E-state index contributed by atoms with van der Waals surface area (Å²) < 4.78 is 16.3. The molecule has 134 valence electrons. The van der Waals surface area contributed by atoms with Crippen LogP contribution in [0.5, 0.6) is 11.5 Å². The number of hydrogen-bond donors (Lipinski definition) is 1. The highest BCUT2D eigenvalue weighted by Crippen LogP contribution is 2.33. The maximum absolute atomic E-state index is 12.4. The minimum absolute atomic E-state index is 0.0508. The van der Waals surface area contributed by atoms with Gasteiger partial charge in [-0.15, -0.1) is 10.2 Å². The summed E-state index contributed by atoms with van der Waals surface area (Å²) in [7, 11) is 0. The van der Waals surface area contributed by atoms with Crippen LogP contribution in [0.3, 0.4) is 0 Å². The topological polar surface area (TPSA) is 90.2 Å². The first kappa shape index (κ1) is 16.0. The van der Waals surface area contributed by atoms with Crippen molar-refractivity contribution in [2.75, 3.05) is 12.5 Å². The van der Waals surface area contributed by atoms with Crippen molar-refractivity contribution in [3.8, 4) is 23.0 Å². The summed E-state index contributed by atoms with van der Waals surface area (Å²) in [5, 5.41) is 9.50. The first-order valence-corrected chi connectivity index (χ1v) is 9.22. The van der Waals surface area contributed by atoms with Gasteiger partial charge in [-0.05, 0) is 24.3 Å². The number of hydrogen-bond acceptors (Lipinski definition) is 7. The third-order valence-electron chi connectivity index (χ3n) is 4.25. The zero-order valence-electron chi connectivity index (χ0n) is 14.0. The number of benzene rings is 2. The first-order valence-electron chi connectivity index (χ1n) is 8.23. The van der Waals surface area contributed by atoms with Gasteiger partial charge >= 0.3 is 0 Å². The Morgan fingerprint density at radius 3 is 2.96 bits per heavy atom. The maximum Gasteiger partial charge on any atom is 0.277 e. The summed E-state index contributed by atoms with van der Waals surface area (Å²) in [6.07, 6.45) is 1.84. The summed E-state index contributed by atoms with van der Waals surface area (Å²) in [5.41, 5.74) is 2.40.